The Bertz CT molecular complexity index is 754. The van der Waals surface area contributed by atoms with Crippen LogP contribution in [0.4, 0.5) is 11.8 Å². The Balaban J connectivity index is 1.68. The number of aliphatic hydroxyl groups is 1. The predicted molar refractivity (Wildman–Crippen MR) is 97.5 cm³/mol. The molecule has 3 heterocycles. The summed E-state index contributed by atoms with van der Waals surface area (Å²) in [5.74, 6) is 1.04. The number of nitrogen functional groups attached to an aromatic ring is 1. The minimum atomic E-state index is -0.0733. The largest absolute Gasteiger partial charge is 0.395 e. The molecule has 140 valence electrons. The number of anilines is 2. The third kappa shape index (κ3) is 4.48. The molecule has 4 N–H and O–H groups in total. The van der Waals surface area contributed by atoms with Crippen molar-refractivity contribution in [2.45, 2.75) is 39.3 Å². The molecule has 0 unspecified atom stereocenters. The molecule has 26 heavy (non-hydrogen) atoms. The highest BCUT2D eigenvalue weighted by Crippen LogP contribution is 2.21. The van der Waals surface area contributed by atoms with Crippen LogP contribution in [-0.2, 0) is 24.3 Å². The fraction of sp³-hybridized carbons (Fsp3) is 0.529. The lowest BCUT2D eigenvalue weighted by Crippen LogP contribution is -2.26. The Kier molecular flexibility index (Phi) is 5.67. The number of carbonyl (C=O) groups excluding carboxylic acids is 1. The zero-order valence-corrected chi connectivity index (χ0v) is 15.0. The summed E-state index contributed by atoms with van der Waals surface area (Å²) in [7, 11) is 0. The van der Waals surface area contributed by atoms with Crippen molar-refractivity contribution < 1.29 is 9.90 Å². The second-order valence-electron chi connectivity index (χ2n) is 6.42. The summed E-state index contributed by atoms with van der Waals surface area (Å²) in [5.41, 5.74) is 8.64. The lowest BCUT2D eigenvalue weighted by atomic mass is 10.2. The molecule has 2 aromatic heterocycles. The molecule has 0 fully saturated rings. The molecule has 1 amide bonds. The van der Waals surface area contributed by atoms with Crippen molar-refractivity contribution in [1.29, 1.82) is 0 Å². The van der Waals surface area contributed by atoms with Gasteiger partial charge in [-0.15, -0.1) is 0 Å². The van der Waals surface area contributed by atoms with E-state index in [1.54, 1.807) is 0 Å². The summed E-state index contributed by atoms with van der Waals surface area (Å²) in [5, 5.41) is 16.0. The summed E-state index contributed by atoms with van der Waals surface area (Å²) in [6, 6.07) is 3.99. The zero-order valence-electron chi connectivity index (χ0n) is 15.0. The number of nitrogens with one attached hydrogen (secondary N) is 1. The van der Waals surface area contributed by atoms with E-state index >= 15 is 0 Å². The van der Waals surface area contributed by atoms with Crippen molar-refractivity contribution in [2.24, 2.45) is 0 Å². The highest BCUT2D eigenvalue weighted by Gasteiger charge is 2.19. The van der Waals surface area contributed by atoms with Gasteiger partial charge in [-0.25, -0.2) is 4.98 Å². The molecule has 0 saturated carbocycles. The van der Waals surface area contributed by atoms with Crippen molar-refractivity contribution in [3.63, 3.8) is 0 Å². The van der Waals surface area contributed by atoms with Gasteiger partial charge in [0.15, 0.2) is 0 Å². The van der Waals surface area contributed by atoms with E-state index in [1.165, 1.54) is 0 Å². The molecule has 9 nitrogen and oxygen atoms in total. The number of aryl methyl sites for hydroxylation is 3. The van der Waals surface area contributed by atoms with E-state index in [9.17, 15) is 4.79 Å². The first-order valence-corrected chi connectivity index (χ1v) is 8.84. The average Bonchev–Trinajstić information content (AvgIpc) is 2.87. The van der Waals surface area contributed by atoms with Gasteiger partial charge in [-0.2, -0.15) is 10.1 Å². The van der Waals surface area contributed by atoms with E-state index in [0.29, 0.717) is 19.4 Å². The molecular formula is C17H25N7O2. The van der Waals surface area contributed by atoms with E-state index in [0.717, 1.165) is 42.4 Å². The topological polar surface area (TPSA) is 122 Å². The van der Waals surface area contributed by atoms with Gasteiger partial charge in [0.25, 0.3) is 0 Å². The van der Waals surface area contributed by atoms with Crippen molar-refractivity contribution >= 4 is 17.7 Å². The molecule has 0 spiro atoms. The van der Waals surface area contributed by atoms with Crippen molar-refractivity contribution in [2.75, 3.05) is 30.3 Å². The number of fused-ring (bicyclic) bond motifs is 1. The first-order chi connectivity index (χ1) is 12.5. The number of hydrogen-bond donors (Lipinski definition) is 3. The number of aromatic nitrogens is 4. The monoisotopic (exact) mass is 359 g/mol. The lowest BCUT2D eigenvalue weighted by Gasteiger charge is -2.21. The van der Waals surface area contributed by atoms with E-state index in [4.69, 9.17) is 10.8 Å². The first kappa shape index (κ1) is 18.1. The Morgan fingerprint density at radius 2 is 2.19 bits per heavy atom. The fourth-order valence-corrected chi connectivity index (χ4v) is 3.10. The highest BCUT2D eigenvalue weighted by molar-refractivity contribution is 5.76. The van der Waals surface area contributed by atoms with Crippen molar-refractivity contribution in [1.82, 2.24) is 25.1 Å². The minimum Gasteiger partial charge on any atom is -0.395 e. The van der Waals surface area contributed by atoms with Gasteiger partial charge in [-0.1, -0.05) is 0 Å². The number of carbonyl (C=O) groups is 1. The van der Waals surface area contributed by atoms with Gasteiger partial charge in [0.05, 0.1) is 24.5 Å². The smallest absolute Gasteiger partial charge is 0.222 e. The maximum atomic E-state index is 11.7. The number of nitrogens with two attached hydrogens (primary N) is 1. The van der Waals surface area contributed by atoms with Gasteiger partial charge in [0.2, 0.25) is 11.9 Å². The van der Waals surface area contributed by atoms with Gasteiger partial charge in [-0.05, 0) is 19.4 Å². The van der Waals surface area contributed by atoms with Gasteiger partial charge in [0, 0.05) is 44.2 Å². The van der Waals surface area contributed by atoms with Crippen LogP contribution in [0.25, 0.3) is 0 Å². The normalized spacial score (nSPS) is 14.0. The number of hydrogen-bond acceptors (Lipinski definition) is 7. The standard InChI is InChI=1S/C17H25N7O2/c1-12-9-15(21-17(18)20-12)23-6-2-7-24-14(11-23)10-13(22-24)3-4-16(26)19-5-8-25/h9-10,25H,2-8,11H2,1H3,(H,19,26)(H2,18,20,21). The Morgan fingerprint density at radius 1 is 1.35 bits per heavy atom. The molecule has 3 rings (SSSR count). The summed E-state index contributed by atoms with van der Waals surface area (Å²) >= 11 is 0. The molecule has 0 atom stereocenters. The van der Waals surface area contributed by atoms with Crippen LogP contribution in [0, 0.1) is 6.92 Å². The quantitative estimate of drug-likeness (QED) is 0.664. The van der Waals surface area contributed by atoms with Crippen LogP contribution >= 0.6 is 0 Å². The van der Waals surface area contributed by atoms with Gasteiger partial charge < -0.3 is 21.1 Å². The van der Waals surface area contributed by atoms with E-state index in [-0.39, 0.29) is 25.0 Å². The van der Waals surface area contributed by atoms with E-state index in [2.05, 4.69) is 31.3 Å². The van der Waals surface area contributed by atoms with Crippen molar-refractivity contribution in [3.8, 4) is 0 Å². The van der Waals surface area contributed by atoms with Gasteiger partial charge >= 0.3 is 0 Å². The van der Waals surface area contributed by atoms with Gasteiger partial charge in [0.1, 0.15) is 5.82 Å². The van der Waals surface area contributed by atoms with Crippen LogP contribution in [0.1, 0.15) is 29.9 Å². The first-order valence-electron chi connectivity index (χ1n) is 8.84. The third-order valence-corrected chi connectivity index (χ3v) is 4.29. The fourth-order valence-electron chi connectivity index (χ4n) is 3.10. The van der Waals surface area contributed by atoms with Crippen molar-refractivity contribution in [3.05, 3.63) is 29.2 Å². The van der Waals surface area contributed by atoms with E-state index < -0.39 is 0 Å². The number of amides is 1. The number of rotatable bonds is 6. The molecule has 0 aliphatic carbocycles. The average molecular weight is 359 g/mol. The second kappa shape index (κ2) is 8.13. The summed E-state index contributed by atoms with van der Waals surface area (Å²) in [6.07, 6.45) is 1.90. The van der Waals surface area contributed by atoms with Crippen LogP contribution in [0.2, 0.25) is 0 Å². The van der Waals surface area contributed by atoms with Crippen LogP contribution in [0.15, 0.2) is 12.1 Å². The van der Waals surface area contributed by atoms with Crippen LogP contribution in [0.5, 0.6) is 0 Å². The molecule has 0 bridgehead atoms. The molecule has 2 aromatic rings. The Hall–Kier alpha value is -2.68. The van der Waals surface area contributed by atoms with E-state index in [1.807, 2.05) is 17.7 Å². The lowest BCUT2D eigenvalue weighted by molar-refractivity contribution is -0.121. The number of nitrogens with zero attached hydrogens (tertiary/aromatic N) is 5. The summed E-state index contributed by atoms with van der Waals surface area (Å²) in [4.78, 5) is 22.4. The summed E-state index contributed by atoms with van der Waals surface area (Å²) in [6.45, 7) is 4.55. The number of aliphatic hydroxyl groups excluding tert-OH is 1. The Labute approximate surface area is 152 Å². The highest BCUT2D eigenvalue weighted by atomic mass is 16.3. The van der Waals surface area contributed by atoms with Crippen LogP contribution in [0.3, 0.4) is 0 Å². The maximum absolute atomic E-state index is 11.7. The molecule has 0 saturated heterocycles. The molecule has 0 radical (unpaired) electrons. The molecular weight excluding hydrogens is 334 g/mol. The van der Waals surface area contributed by atoms with Crippen LogP contribution in [-0.4, -0.2) is 50.5 Å². The SMILES string of the molecule is Cc1cc(N2CCCn3nc(CCC(=O)NCCO)cc3C2)nc(N)n1. The maximum Gasteiger partial charge on any atom is 0.222 e. The third-order valence-electron chi connectivity index (χ3n) is 4.29. The van der Waals surface area contributed by atoms with Crippen LogP contribution < -0.4 is 16.0 Å². The predicted octanol–water partition coefficient (Wildman–Crippen LogP) is 0.0151. The zero-order chi connectivity index (χ0) is 18.5. The molecule has 0 aromatic carbocycles. The minimum absolute atomic E-state index is 0.0482. The van der Waals surface area contributed by atoms with Gasteiger partial charge in [-0.3, -0.25) is 9.48 Å². The molecule has 1 aliphatic heterocycles. The molecule has 9 heteroatoms. The molecule has 1 aliphatic rings. The Morgan fingerprint density at radius 3 is 2.96 bits per heavy atom. The summed E-state index contributed by atoms with van der Waals surface area (Å²) < 4.78 is 2.01. The second-order valence-corrected chi connectivity index (χ2v) is 6.42.